The van der Waals surface area contributed by atoms with Gasteiger partial charge in [0.2, 0.25) is 0 Å². The van der Waals surface area contributed by atoms with Crippen LogP contribution in [0.25, 0.3) is 0 Å². The van der Waals surface area contributed by atoms with Crippen LogP contribution in [0.4, 0.5) is 0 Å². The van der Waals surface area contributed by atoms with Gasteiger partial charge in [0.05, 0.1) is 0 Å². The average molecular weight is 239 g/mol. The van der Waals surface area contributed by atoms with Gasteiger partial charge in [-0.05, 0) is 31.0 Å². The van der Waals surface area contributed by atoms with Crippen LogP contribution in [0.1, 0.15) is 12.5 Å². The highest BCUT2D eigenvalue weighted by molar-refractivity contribution is 6.30. The van der Waals surface area contributed by atoms with Crippen LogP contribution in [0.3, 0.4) is 0 Å². The monoisotopic (exact) mass is 238 g/mol. The molecule has 88 valence electrons. The number of piperazine rings is 1. The zero-order valence-corrected chi connectivity index (χ0v) is 10.5. The molecule has 0 spiro atoms. The number of benzene rings is 1. The molecule has 0 amide bonds. The van der Waals surface area contributed by atoms with E-state index in [4.69, 9.17) is 11.6 Å². The van der Waals surface area contributed by atoms with E-state index in [0.29, 0.717) is 6.04 Å². The van der Waals surface area contributed by atoms with E-state index in [-0.39, 0.29) is 0 Å². The van der Waals surface area contributed by atoms with E-state index in [0.717, 1.165) is 37.6 Å². The molecule has 0 radical (unpaired) electrons. The number of nitrogens with zero attached hydrogens (tertiary/aromatic N) is 1. The van der Waals surface area contributed by atoms with Gasteiger partial charge in [0, 0.05) is 37.2 Å². The third kappa shape index (κ3) is 3.48. The van der Waals surface area contributed by atoms with E-state index in [1.54, 1.807) is 0 Å². The van der Waals surface area contributed by atoms with Crippen molar-refractivity contribution in [2.45, 2.75) is 19.4 Å². The molecule has 1 aliphatic rings. The van der Waals surface area contributed by atoms with Crippen molar-refractivity contribution in [2.75, 3.05) is 26.2 Å². The van der Waals surface area contributed by atoms with Crippen molar-refractivity contribution in [1.82, 2.24) is 10.2 Å². The van der Waals surface area contributed by atoms with E-state index in [2.05, 4.69) is 29.3 Å². The molecule has 3 heteroatoms. The molecule has 1 unspecified atom stereocenters. The maximum absolute atomic E-state index is 5.86. The SMILES string of the molecule is CC1CN(CCc2ccc(Cl)cc2)CCN1. The summed E-state index contributed by atoms with van der Waals surface area (Å²) in [7, 11) is 0. The van der Waals surface area contributed by atoms with Gasteiger partial charge < -0.3 is 10.2 Å². The standard InChI is InChI=1S/C13H19ClN2/c1-11-10-16(9-7-15-11)8-6-12-2-4-13(14)5-3-12/h2-5,11,15H,6-10H2,1H3. The summed E-state index contributed by atoms with van der Waals surface area (Å²) < 4.78 is 0. The molecule has 0 saturated carbocycles. The first kappa shape index (κ1) is 11.9. The molecule has 16 heavy (non-hydrogen) atoms. The molecular weight excluding hydrogens is 220 g/mol. The van der Waals surface area contributed by atoms with Crippen LogP contribution in [0.5, 0.6) is 0 Å². The van der Waals surface area contributed by atoms with E-state index >= 15 is 0 Å². The van der Waals surface area contributed by atoms with Crippen molar-refractivity contribution in [3.8, 4) is 0 Å². The largest absolute Gasteiger partial charge is 0.312 e. The lowest BCUT2D eigenvalue weighted by atomic mass is 10.1. The van der Waals surface area contributed by atoms with Crippen LogP contribution in [-0.4, -0.2) is 37.1 Å². The molecule has 2 rings (SSSR count). The fourth-order valence-electron chi connectivity index (χ4n) is 2.15. The number of rotatable bonds is 3. The molecule has 0 aromatic heterocycles. The summed E-state index contributed by atoms with van der Waals surface area (Å²) in [5.41, 5.74) is 1.37. The van der Waals surface area contributed by atoms with Crippen molar-refractivity contribution in [3.05, 3.63) is 34.9 Å². The van der Waals surface area contributed by atoms with Crippen molar-refractivity contribution < 1.29 is 0 Å². The van der Waals surface area contributed by atoms with Gasteiger partial charge in [-0.15, -0.1) is 0 Å². The van der Waals surface area contributed by atoms with Crippen LogP contribution < -0.4 is 5.32 Å². The van der Waals surface area contributed by atoms with Gasteiger partial charge in [-0.2, -0.15) is 0 Å². The van der Waals surface area contributed by atoms with Gasteiger partial charge in [-0.25, -0.2) is 0 Å². The fraction of sp³-hybridized carbons (Fsp3) is 0.538. The predicted octanol–water partition coefficient (Wildman–Crippen LogP) is 2.18. The summed E-state index contributed by atoms with van der Waals surface area (Å²) in [5.74, 6) is 0. The van der Waals surface area contributed by atoms with Gasteiger partial charge in [-0.1, -0.05) is 23.7 Å². The second-order valence-electron chi connectivity index (χ2n) is 4.53. The topological polar surface area (TPSA) is 15.3 Å². The maximum Gasteiger partial charge on any atom is 0.0406 e. The normalized spacial score (nSPS) is 22.2. The van der Waals surface area contributed by atoms with Crippen LogP contribution in [0, 0.1) is 0 Å². The Kier molecular flexibility index (Phi) is 4.22. The van der Waals surface area contributed by atoms with Crippen molar-refractivity contribution in [2.24, 2.45) is 0 Å². The van der Waals surface area contributed by atoms with Crippen molar-refractivity contribution in [3.63, 3.8) is 0 Å². The molecule has 0 aliphatic carbocycles. The Morgan fingerprint density at radius 3 is 2.81 bits per heavy atom. The summed E-state index contributed by atoms with van der Waals surface area (Å²) in [5, 5.41) is 4.28. The lowest BCUT2D eigenvalue weighted by Crippen LogP contribution is -2.49. The predicted molar refractivity (Wildman–Crippen MR) is 69.1 cm³/mol. The molecule has 1 fully saturated rings. The zero-order chi connectivity index (χ0) is 11.4. The third-order valence-electron chi connectivity index (χ3n) is 3.08. The molecule has 2 nitrogen and oxygen atoms in total. The Bertz CT molecular complexity index is 323. The highest BCUT2D eigenvalue weighted by atomic mass is 35.5. The number of halogens is 1. The summed E-state index contributed by atoms with van der Waals surface area (Å²) >= 11 is 5.86. The van der Waals surface area contributed by atoms with Gasteiger partial charge in [0.15, 0.2) is 0 Å². The van der Waals surface area contributed by atoms with E-state index in [1.807, 2.05) is 12.1 Å². The van der Waals surface area contributed by atoms with Crippen LogP contribution in [0.2, 0.25) is 5.02 Å². The van der Waals surface area contributed by atoms with Crippen molar-refractivity contribution in [1.29, 1.82) is 0 Å². The molecule has 1 aliphatic heterocycles. The first-order chi connectivity index (χ1) is 7.74. The Morgan fingerprint density at radius 2 is 2.12 bits per heavy atom. The molecule has 1 heterocycles. The fourth-order valence-corrected chi connectivity index (χ4v) is 2.28. The van der Waals surface area contributed by atoms with E-state index < -0.39 is 0 Å². The molecular formula is C13H19ClN2. The first-order valence-electron chi connectivity index (χ1n) is 5.94. The Morgan fingerprint density at radius 1 is 1.38 bits per heavy atom. The minimum atomic E-state index is 0.624. The molecule has 1 aromatic rings. The highest BCUT2D eigenvalue weighted by Gasteiger charge is 2.14. The molecule has 1 saturated heterocycles. The summed E-state index contributed by atoms with van der Waals surface area (Å²) in [6.07, 6.45) is 1.11. The summed E-state index contributed by atoms with van der Waals surface area (Å²) in [6, 6.07) is 8.80. The molecule has 1 atom stereocenters. The first-order valence-corrected chi connectivity index (χ1v) is 6.32. The second kappa shape index (κ2) is 5.67. The summed E-state index contributed by atoms with van der Waals surface area (Å²) in [4.78, 5) is 2.52. The average Bonchev–Trinajstić information content (AvgIpc) is 2.28. The zero-order valence-electron chi connectivity index (χ0n) is 9.75. The Balaban J connectivity index is 1.80. The van der Waals surface area contributed by atoms with Gasteiger partial charge >= 0.3 is 0 Å². The minimum Gasteiger partial charge on any atom is -0.312 e. The van der Waals surface area contributed by atoms with Gasteiger partial charge in [0.1, 0.15) is 0 Å². The van der Waals surface area contributed by atoms with Crippen molar-refractivity contribution >= 4 is 11.6 Å². The Hall–Kier alpha value is -0.570. The number of hydrogen-bond acceptors (Lipinski definition) is 2. The smallest absolute Gasteiger partial charge is 0.0406 e. The highest BCUT2D eigenvalue weighted by Crippen LogP contribution is 2.10. The van der Waals surface area contributed by atoms with E-state index in [9.17, 15) is 0 Å². The van der Waals surface area contributed by atoms with Gasteiger partial charge in [0.25, 0.3) is 0 Å². The van der Waals surface area contributed by atoms with Crippen LogP contribution >= 0.6 is 11.6 Å². The lowest BCUT2D eigenvalue weighted by molar-refractivity contribution is 0.209. The number of nitrogens with one attached hydrogen (secondary N) is 1. The molecule has 0 bridgehead atoms. The van der Waals surface area contributed by atoms with E-state index in [1.165, 1.54) is 5.56 Å². The molecule has 1 aromatic carbocycles. The maximum atomic E-state index is 5.86. The quantitative estimate of drug-likeness (QED) is 0.869. The lowest BCUT2D eigenvalue weighted by Gasteiger charge is -2.31. The molecule has 1 N–H and O–H groups in total. The summed E-state index contributed by atoms with van der Waals surface area (Å²) in [6.45, 7) is 6.83. The third-order valence-corrected chi connectivity index (χ3v) is 3.33. The van der Waals surface area contributed by atoms with Gasteiger partial charge in [-0.3, -0.25) is 0 Å². The van der Waals surface area contributed by atoms with Crippen LogP contribution in [0.15, 0.2) is 24.3 Å². The van der Waals surface area contributed by atoms with Crippen LogP contribution in [-0.2, 0) is 6.42 Å². The Labute approximate surface area is 103 Å². The number of hydrogen-bond donors (Lipinski definition) is 1. The minimum absolute atomic E-state index is 0.624. The second-order valence-corrected chi connectivity index (χ2v) is 4.97.